The first-order chi connectivity index (χ1) is 10.5. The van der Waals surface area contributed by atoms with E-state index in [1.165, 1.54) is 0 Å². The lowest BCUT2D eigenvalue weighted by molar-refractivity contribution is 0.0953. The molecule has 4 heteroatoms. The van der Waals surface area contributed by atoms with Crippen LogP contribution in [-0.2, 0) is 0 Å². The smallest absolute Gasteiger partial charge is 0.251 e. The number of rotatable bonds is 9. The van der Waals surface area contributed by atoms with Gasteiger partial charge in [0.2, 0.25) is 0 Å². The van der Waals surface area contributed by atoms with E-state index >= 15 is 0 Å². The van der Waals surface area contributed by atoms with E-state index < -0.39 is 0 Å². The number of benzene rings is 1. The van der Waals surface area contributed by atoms with E-state index in [0.717, 1.165) is 36.3 Å². The fourth-order valence-corrected chi connectivity index (χ4v) is 2.11. The Morgan fingerprint density at radius 3 is 2.50 bits per heavy atom. The molecule has 3 N–H and O–H groups in total. The maximum atomic E-state index is 12.3. The summed E-state index contributed by atoms with van der Waals surface area (Å²) in [7, 11) is 0. The van der Waals surface area contributed by atoms with E-state index in [1.54, 1.807) is 0 Å². The summed E-state index contributed by atoms with van der Waals surface area (Å²) in [6.45, 7) is 13.1. The minimum atomic E-state index is -0.00310. The van der Waals surface area contributed by atoms with Crippen LogP contribution in [0, 0.1) is 12.8 Å². The Morgan fingerprint density at radius 1 is 1.14 bits per heavy atom. The zero-order chi connectivity index (χ0) is 16.5. The maximum absolute atomic E-state index is 12.3. The molecule has 1 amide bonds. The van der Waals surface area contributed by atoms with Crippen LogP contribution in [0.1, 0.15) is 50.0 Å². The van der Waals surface area contributed by atoms with Crippen LogP contribution in [0.25, 0.3) is 0 Å². The highest BCUT2D eigenvalue weighted by Gasteiger charge is 2.13. The summed E-state index contributed by atoms with van der Waals surface area (Å²) in [4.78, 5) is 12.3. The van der Waals surface area contributed by atoms with Gasteiger partial charge < -0.3 is 16.0 Å². The van der Waals surface area contributed by atoms with Crippen molar-refractivity contribution < 1.29 is 4.79 Å². The summed E-state index contributed by atoms with van der Waals surface area (Å²) in [6.07, 6.45) is 1.11. The molecule has 0 fully saturated rings. The molecule has 0 heterocycles. The van der Waals surface area contributed by atoms with Crippen molar-refractivity contribution in [3.8, 4) is 0 Å². The number of anilines is 1. The van der Waals surface area contributed by atoms with Crippen LogP contribution in [0.15, 0.2) is 18.2 Å². The van der Waals surface area contributed by atoms with Gasteiger partial charge in [0.05, 0.1) is 0 Å². The SMILES string of the molecule is CCCNCCNC(=O)c1cccc(NC(C)C(C)C)c1C. The molecule has 0 spiro atoms. The van der Waals surface area contributed by atoms with E-state index in [0.29, 0.717) is 18.5 Å². The normalized spacial score (nSPS) is 12.3. The van der Waals surface area contributed by atoms with Gasteiger partial charge >= 0.3 is 0 Å². The standard InChI is InChI=1S/C18H31N3O/c1-6-10-19-11-12-20-18(22)16-8-7-9-17(14(16)4)21-15(5)13(2)3/h7-9,13,15,19,21H,6,10-12H2,1-5H3,(H,20,22). The summed E-state index contributed by atoms with van der Waals surface area (Å²) in [5.41, 5.74) is 2.79. The third-order valence-corrected chi connectivity index (χ3v) is 3.98. The number of carbonyl (C=O) groups excluding carboxylic acids is 1. The minimum absolute atomic E-state index is 0.00310. The van der Waals surface area contributed by atoms with Crippen LogP contribution in [0.4, 0.5) is 5.69 Å². The first-order valence-corrected chi connectivity index (χ1v) is 8.32. The first kappa shape index (κ1) is 18.5. The number of amides is 1. The Kier molecular flexibility index (Phi) is 7.96. The van der Waals surface area contributed by atoms with E-state index in [-0.39, 0.29) is 5.91 Å². The van der Waals surface area contributed by atoms with Crippen molar-refractivity contribution in [3.05, 3.63) is 29.3 Å². The number of nitrogens with one attached hydrogen (secondary N) is 3. The van der Waals surface area contributed by atoms with Gasteiger partial charge in [0.25, 0.3) is 5.91 Å². The van der Waals surface area contributed by atoms with E-state index in [4.69, 9.17) is 0 Å². The van der Waals surface area contributed by atoms with Crippen molar-refractivity contribution in [3.63, 3.8) is 0 Å². The zero-order valence-electron chi connectivity index (χ0n) is 14.6. The molecular weight excluding hydrogens is 274 g/mol. The van der Waals surface area contributed by atoms with Crippen molar-refractivity contribution >= 4 is 11.6 Å². The Balaban J connectivity index is 2.65. The third kappa shape index (κ3) is 5.68. The quantitative estimate of drug-likeness (QED) is 0.614. The molecular formula is C18H31N3O. The van der Waals surface area contributed by atoms with Gasteiger partial charge in [-0.15, -0.1) is 0 Å². The van der Waals surface area contributed by atoms with E-state index in [9.17, 15) is 4.79 Å². The summed E-state index contributed by atoms with van der Waals surface area (Å²) < 4.78 is 0. The van der Waals surface area contributed by atoms with E-state index in [2.05, 4.69) is 43.6 Å². The zero-order valence-corrected chi connectivity index (χ0v) is 14.6. The molecule has 1 rings (SSSR count). The molecule has 0 aliphatic heterocycles. The van der Waals surface area contributed by atoms with Crippen LogP contribution < -0.4 is 16.0 Å². The largest absolute Gasteiger partial charge is 0.382 e. The summed E-state index contributed by atoms with van der Waals surface area (Å²) in [5, 5.41) is 9.75. The van der Waals surface area contributed by atoms with Crippen molar-refractivity contribution in [1.29, 1.82) is 0 Å². The van der Waals surface area contributed by atoms with Crippen LogP contribution >= 0.6 is 0 Å². The predicted octanol–water partition coefficient (Wildman–Crippen LogP) is 3.18. The molecule has 0 aromatic heterocycles. The molecule has 0 saturated carbocycles. The Morgan fingerprint density at radius 2 is 1.86 bits per heavy atom. The van der Waals surface area contributed by atoms with Crippen LogP contribution in [0.5, 0.6) is 0 Å². The number of carbonyl (C=O) groups is 1. The molecule has 22 heavy (non-hydrogen) atoms. The van der Waals surface area contributed by atoms with Gasteiger partial charge in [0.1, 0.15) is 0 Å². The van der Waals surface area contributed by atoms with E-state index in [1.807, 2.05) is 25.1 Å². The molecule has 0 saturated heterocycles. The van der Waals surface area contributed by atoms with Crippen molar-refractivity contribution in [1.82, 2.24) is 10.6 Å². The van der Waals surface area contributed by atoms with Gasteiger partial charge in [-0.2, -0.15) is 0 Å². The molecule has 0 aliphatic carbocycles. The lowest BCUT2D eigenvalue weighted by atomic mass is 10.0. The van der Waals surface area contributed by atoms with Gasteiger partial charge in [0.15, 0.2) is 0 Å². The third-order valence-electron chi connectivity index (χ3n) is 3.98. The average Bonchev–Trinajstić information content (AvgIpc) is 2.48. The number of hydrogen-bond donors (Lipinski definition) is 3. The second-order valence-electron chi connectivity index (χ2n) is 6.16. The Labute approximate surface area is 135 Å². The average molecular weight is 305 g/mol. The molecule has 1 atom stereocenters. The first-order valence-electron chi connectivity index (χ1n) is 8.32. The second kappa shape index (κ2) is 9.46. The van der Waals surface area contributed by atoms with Crippen LogP contribution in [0.3, 0.4) is 0 Å². The molecule has 1 aromatic rings. The molecule has 124 valence electrons. The lowest BCUT2D eigenvalue weighted by Crippen LogP contribution is -2.32. The lowest BCUT2D eigenvalue weighted by Gasteiger charge is -2.21. The summed E-state index contributed by atoms with van der Waals surface area (Å²) >= 11 is 0. The molecule has 1 unspecified atom stereocenters. The molecule has 4 nitrogen and oxygen atoms in total. The van der Waals surface area contributed by atoms with Gasteiger partial charge in [-0.05, 0) is 50.4 Å². The predicted molar refractivity (Wildman–Crippen MR) is 94.6 cm³/mol. The Hall–Kier alpha value is -1.55. The highest BCUT2D eigenvalue weighted by Crippen LogP contribution is 2.21. The number of hydrogen-bond acceptors (Lipinski definition) is 3. The van der Waals surface area contributed by atoms with Crippen molar-refractivity contribution in [2.75, 3.05) is 25.0 Å². The summed E-state index contributed by atoms with van der Waals surface area (Å²) in [6, 6.07) is 6.23. The highest BCUT2D eigenvalue weighted by molar-refractivity contribution is 5.97. The topological polar surface area (TPSA) is 53.2 Å². The van der Waals surface area contributed by atoms with Gasteiger partial charge in [-0.25, -0.2) is 0 Å². The molecule has 0 radical (unpaired) electrons. The fourth-order valence-electron chi connectivity index (χ4n) is 2.11. The molecule has 0 bridgehead atoms. The van der Waals surface area contributed by atoms with Crippen molar-refractivity contribution in [2.24, 2.45) is 5.92 Å². The Bertz CT molecular complexity index is 471. The maximum Gasteiger partial charge on any atom is 0.251 e. The van der Waals surface area contributed by atoms with Crippen LogP contribution in [0.2, 0.25) is 0 Å². The van der Waals surface area contributed by atoms with Crippen molar-refractivity contribution in [2.45, 2.75) is 47.1 Å². The van der Waals surface area contributed by atoms with Crippen LogP contribution in [-0.4, -0.2) is 31.6 Å². The van der Waals surface area contributed by atoms with Gasteiger partial charge in [-0.1, -0.05) is 26.8 Å². The second-order valence-corrected chi connectivity index (χ2v) is 6.16. The molecule has 0 aliphatic rings. The highest BCUT2D eigenvalue weighted by atomic mass is 16.1. The minimum Gasteiger partial charge on any atom is -0.382 e. The van der Waals surface area contributed by atoms with Gasteiger partial charge in [0, 0.05) is 30.4 Å². The summed E-state index contributed by atoms with van der Waals surface area (Å²) in [5.74, 6) is 0.540. The fraction of sp³-hybridized carbons (Fsp3) is 0.611. The van der Waals surface area contributed by atoms with Gasteiger partial charge in [-0.3, -0.25) is 4.79 Å². The monoisotopic (exact) mass is 305 g/mol. The molecule has 1 aromatic carbocycles.